The number of hydrogen-bond donors (Lipinski definition) is 2. The number of nitrogens with zero attached hydrogens (tertiary/aromatic N) is 1. The van der Waals surface area contributed by atoms with Crippen molar-refractivity contribution in [2.75, 3.05) is 18.9 Å². The van der Waals surface area contributed by atoms with Gasteiger partial charge in [0.2, 0.25) is 11.8 Å². The molecule has 2 amide bonds. The monoisotopic (exact) mass is 403 g/mol. The topological polar surface area (TPSA) is 61.4 Å². The molecule has 0 bridgehead atoms. The summed E-state index contributed by atoms with van der Waals surface area (Å²) in [5, 5.41) is 5.82. The number of rotatable bonds is 8. The number of amides is 2. The fourth-order valence-corrected chi connectivity index (χ4v) is 3.15. The molecule has 7 heteroatoms. The van der Waals surface area contributed by atoms with E-state index in [0.717, 1.165) is 23.7 Å². The fourth-order valence-electron chi connectivity index (χ4n) is 3.15. The second-order valence-electron chi connectivity index (χ2n) is 7.03. The van der Waals surface area contributed by atoms with Crippen LogP contribution in [0, 0.1) is 11.6 Å². The first-order valence-electron chi connectivity index (χ1n) is 9.56. The average Bonchev–Trinajstić information content (AvgIpc) is 2.67. The normalized spacial score (nSPS) is 12.9. The highest BCUT2D eigenvalue weighted by molar-refractivity contribution is 5.95. The molecule has 0 aliphatic carbocycles. The summed E-state index contributed by atoms with van der Waals surface area (Å²) in [6.45, 7) is 5.22. The maximum absolute atomic E-state index is 13.9. The van der Waals surface area contributed by atoms with Crippen molar-refractivity contribution in [2.24, 2.45) is 0 Å². The summed E-state index contributed by atoms with van der Waals surface area (Å²) in [4.78, 5) is 26.2. The van der Waals surface area contributed by atoms with Crippen molar-refractivity contribution in [1.82, 2.24) is 10.2 Å². The van der Waals surface area contributed by atoms with Crippen LogP contribution in [0.5, 0.6) is 0 Å². The molecule has 0 saturated carbocycles. The highest BCUT2D eigenvalue weighted by Gasteiger charge is 2.22. The van der Waals surface area contributed by atoms with E-state index >= 15 is 0 Å². The van der Waals surface area contributed by atoms with E-state index in [1.54, 1.807) is 13.8 Å². The smallest absolute Gasteiger partial charge is 0.243 e. The second kappa shape index (κ2) is 10.1. The molecule has 2 atom stereocenters. The maximum atomic E-state index is 13.9. The molecule has 5 nitrogen and oxygen atoms in total. The molecule has 0 aliphatic rings. The van der Waals surface area contributed by atoms with E-state index in [9.17, 15) is 18.4 Å². The predicted molar refractivity (Wildman–Crippen MR) is 109 cm³/mol. The van der Waals surface area contributed by atoms with Crippen molar-refractivity contribution in [2.45, 2.75) is 39.3 Å². The number of halogens is 2. The Morgan fingerprint density at radius 1 is 1.10 bits per heavy atom. The standard InChI is InChI=1S/C22H27F2N3O2/c1-5-16-8-6-7-9-20(16)26-21(28)13-27(4)22(29)15(3)25-14(2)18-11-10-17(23)12-19(18)24/h6-12,14-15,25H,5,13H2,1-4H3,(H,26,28). The highest BCUT2D eigenvalue weighted by Crippen LogP contribution is 2.19. The van der Waals surface area contributed by atoms with Gasteiger partial charge in [-0.2, -0.15) is 0 Å². The molecule has 2 unspecified atom stereocenters. The van der Waals surface area contributed by atoms with Crippen molar-refractivity contribution in [1.29, 1.82) is 0 Å². The molecule has 0 aromatic heterocycles. The van der Waals surface area contributed by atoms with E-state index in [1.165, 1.54) is 24.1 Å². The summed E-state index contributed by atoms with van der Waals surface area (Å²) >= 11 is 0. The van der Waals surface area contributed by atoms with Gasteiger partial charge in [-0.1, -0.05) is 31.2 Å². The number of benzene rings is 2. The number of likely N-dealkylation sites (N-methyl/N-ethyl adjacent to an activating group) is 1. The van der Waals surface area contributed by atoms with Crippen molar-refractivity contribution in [3.63, 3.8) is 0 Å². The molecule has 2 N–H and O–H groups in total. The summed E-state index contributed by atoms with van der Waals surface area (Å²) in [7, 11) is 1.54. The van der Waals surface area contributed by atoms with Crippen molar-refractivity contribution >= 4 is 17.5 Å². The Bertz CT molecular complexity index is 873. The summed E-state index contributed by atoms with van der Waals surface area (Å²) in [6.07, 6.45) is 0.782. The quantitative estimate of drug-likeness (QED) is 0.707. The lowest BCUT2D eigenvalue weighted by atomic mass is 10.1. The van der Waals surface area contributed by atoms with Crippen LogP contribution in [0.25, 0.3) is 0 Å². The van der Waals surface area contributed by atoms with Crippen molar-refractivity contribution in [3.05, 3.63) is 65.2 Å². The van der Waals surface area contributed by atoms with Gasteiger partial charge in [0.05, 0.1) is 12.6 Å². The molecular formula is C22H27F2N3O2. The third-order valence-electron chi connectivity index (χ3n) is 4.73. The first kappa shape index (κ1) is 22.5. The third-order valence-corrected chi connectivity index (χ3v) is 4.73. The first-order valence-corrected chi connectivity index (χ1v) is 9.56. The van der Waals surface area contributed by atoms with Gasteiger partial charge in [-0.25, -0.2) is 8.78 Å². The van der Waals surface area contributed by atoms with E-state index in [-0.39, 0.29) is 23.9 Å². The van der Waals surface area contributed by atoms with Crippen LogP contribution in [0.1, 0.15) is 37.9 Å². The Morgan fingerprint density at radius 3 is 2.45 bits per heavy atom. The molecule has 0 saturated heterocycles. The summed E-state index contributed by atoms with van der Waals surface area (Å²) in [5.41, 5.74) is 2.01. The largest absolute Gasteiger partial charge is 0.335 e. The van der Waals surface area contributed by atoms with Gasteiger partial charge in [0.25, 0.3) is 0 Å². The number of nitrogens with one attached hydrogen (secondary N) is 2. The van der Waals surface area contributed by atoms with E-state index < -0.39 is 23.7 Å². The number of aryl methyl sites for hydroxylation is 1. The average molecular weight is 403 g/mol. The van der Waals surface area contributed by atoms with Crippen LogP contribution in [0.2, 0.25) is 0 Å². The van der Waals surface area contributed by atoms with Crippen molar-refractivity contribution < 1.29 is 18.4 Å². The van der Waals surface area contributed by atoms with Gasteiger partial charge in [-0.05, 0) is 38.0 Å². The highest BCUT2D eigenvalue weighted by atomic mass is 19.1. The lowest BCUT2D eigenvalue weighted by Gasteiger charge is -2.25. The minimum atomic E-state index is -0.674. The lowest BCUT2D eigenvalue weighted by Crippen LogP contribution is -2.46. The van der Waals surface area contributed by atoms with Crippen LogP contribution in [0.15, 0.2) is 42.5 Å². The minimum absolute atomic E-state index is 0.109. The number of para-hydroxylation sites is 1. The molecule has 0 aliphatic heterocycles. The summed E-state index contributed by atoms with van der Waals surface area (Å²) in [6, 6.07) is 9.67. The van der Waals surface area contributed by atoms with Gasteiger partial charge in [0.15, 0.2) is 0 Å². The zero-order valence-electron chi connectivity index (χ0n) is 17.1. The minimum Gasteiger partial charge on any atom is -0.335 e. The third kappa shape index (κ3) is 6.09. The number of anilines is 1. The van der Waals surface area contributed by atoms with Crippen LogP contribution >= 0.6 is 0 Å². The predicted octanol–water partition coefficient (Wildman–Crippen LogP) is 3.66. The van der Waals surface area contributed by atoms with Gasteiger partial charge >= 0.3 is 0 Å². The fraction of sp³-hybridized carbons (Fsp3) is 0.364. The first-order chi connectivity index (χ1) is 13.7. The Labute approximate surface area is 170 Å². The molecule has 0 radical (unpaired) electrons. The molecule has 29 heavy (non-hydrogen) atoms. The molecule has 0 heterocycles. The summed E-state index contributed by atoms with van der Waals surface area (Å²) in [5.74, 6) is -1.94. The van der Waals surface area contributed by atoms with E-state index in [2.05, 4.69) is 10.6 Å². The van der Waals surface area contributed by atoms with Crippen molar-refractivity contribution in [3.8, 4) is 0 Å². The second-order valence-corrected chi connectivity index (χ2v) is 7.03. The van der Waals surface area contributed by atoms with E-state index in [0.29, 0.717) is 0 Å². The molecule has 2 aromatic carbocycles. The van der Waals surface area contributed by atoms with Crippen LogP contribution in [-0.2, 0) is 16.0 Å². The Kier molecular flexibility index (Phi) is 7.84. The van der Waals surface area contributed by atoms with Gasteiger partial charge < -0.3 is 10.2 Å². The molecule has 156 valence electrons. The Hall–Kier alpha value is -2.80. The number of hydrogen-bond acceptors (Lipinski definition) is 3. The Morgan fingerprint density at radius 2 is 1.79 bits per heavy atom. The van der Waals surface area contributed by atoms with Crippen LogP contribution in [-0.4, -0.2) is 36.3 Å². The SMILES string of the molecule is CCc1ccccc1NC(=O)CN(C)C(=O)C(C)NC(C)c1ccc(F)cc1F. The van der Waals surface area contributed by atoms with Gasteiger partial charge in [-0.3, -0.25) is 14.9 Å². The van der Waals surface area contributed by atoms with Gasteiger partial charge in [0.1, 0.15) is 11.6 Å². The summed E-state index contributed by atoms with van der Waals surface area (Å²) < 4.78 is 27.0. The molecule has 0 spiro atoms. The van der Waals surface area contributed by atoms with Crippen LogP contribution < -0.4 is 10.6 Å². The zero-order chi connectivity index (χ0) is 21.6. The van der Waals surface area contributed by atoms with Gasteiger partial charge in [-0.15, -0.1) is 0 Å². The molecular weight excluding hydrogens is 376 g/mol. The van der Waals surface area contributed by atoms with Crippen LogP contribution in [0.3, 0.4) is 0 Å². The zero-order valence-corrected chi connectivity index (χ0v) is 17.1. The lowest BCUT2D eigenvalue weighted by molar-refractivity contribution is -0.135. The molecule has 2 rings (SSSR count). The van der Waals surface area contributed by atoms with Crippen LogP contribution in [0.4, 0.5) is 14.5 Å². The van der Waals surface area contributed by atoms with E-state index in [1.807, 2.05) is 31.2 Å². The maximum Gasteiger partial charge on any atom is 0.243 e. The molecule has 0 fully saturated rings. The Balaban J connectivity index is 1.93. The number of carbonyl (C=O) groups is 2. The van der Waals surface area contributed by atoms with E-state index in [4.69, 9.17) is 0 Å². The number of carbonyl (C=O) groups excluding carboxylic acids is 2. The molecule has 2 aromatic rings. The van der Waals surface area contributed by atoms with Gasteiger partial charge in [0, 0.05) is 30.4 Å².